The minimum Gasteiger partial charge on any atom is -0.481 e. The topological polar surface area (TPSA) is 79.3 Å². The van der Waals surface area contributed by atoms with Crippen molar-refractivity contribution >= 4 is 23.2 Å². The van der Waals surface area contributed by atoms with Gasteiger partial charge in [-0.05, 0) is 18.9 Å². The van der Waals surface area contributed by atoms with Crippen molar-refractivity contribution < 1.29 is 27.9 Å². The van der Waals surface area contributed by atoms with Crippen LogP contribution in [0.4, 0.5) is 13.2 Å². The molecule has 0 saturated carbocycles. The Hall–Kier alpha value is -2.42. The highest BCUT2D eigenvalue weighted by atomic mass is 32.1. The second kappa shape index (κ2) is 7.64. The van der Waals surface area contributed by atoms with Gasteiger partial charge in [-0.25, -0.2) is 4.98 Å². The second-order valence-electron chi connectivity index (χ2n) is 5.47. The average Bonchev–Trinajstić information content (AvgIpc) is 3.01. The minimum absolute atomic E-state index is 0.197. The molecule has 0 radical (unpaired) electrons. The van der Waals surface area contributed by atoms with Crippen LogP contribution in [0.5, 0.6) is 0 Å². The summed E-state index contributed by atoms with van der Waals surface area (Å²) in [5.41, 5.74) is 1.40. The number of halogens is 3. The first-order chi connectivity index (χ1) is 11.7. The molecule has 2 N–H and O–H groups in total. The summed E-state index contributed by atoms with van der Waals surface area (Å²) in [6.07, 6.45) is -4.42. The number of nitrogens with one attached hydrogen (secondary N) is 1. The molecule has 134 valence electrons. The molecule has 1 aromatic heterocycles. The van der Waals surface area contributed by atoms with E-state index in [9.17, 15) is 27.9 Å². The van der Waals surface area contributed by atoms with Crippen molar-refractivity contribution in [3.05, 3.63) is 51.5 Å². The van der Waals surface area contributed by atoms with E-state index in [0.717, 1.165) is 16.5 Å². The number of hydrogen-bond donors (Lipinski definition) is 2. The van der Waals surface area contributed by atoms with Crippen LogP contribution in [0.3, 0.4) is 0 Å². The fourth-order valence-corrected chi connectivity index (χ4v) is 2.85. The lowest BCUT2D eigenvalue weighted by Crippen LogP contribution is -2.34. The first-order valence-electron chi connectivity index (χ1n) is 7.26. The van der Waals surface area contributed by atoms with Crippen LogP contribution in [-0.4, -0.2) is 28.5 Å². The molecular formula is C16H15F3N2O3S. The van der Waals surface area contributed by atoms with Gasteiger partial charge >= 0.3 is 12.1 Å². The van der Waals surface area contributed by atoms with E-state index in [2.05, 4.69) is 10.3 Å². The third kappa shape index (κ3) is 5.28. The molecule has 1 aromatic carbocycles. The Morgan fingerprint density at radius 1 is 1.36 bits per heavy atom. The van der Waals surface area contributed by atoms with Gasteiger partial charge < -0.3 is 10.4 Å². The standard InChI is InChI=1S/C16H15F3N2O3S/c1-9-3-2-4-10(5-9)6-11(14(23)24)7-20-13(22)12-8-25-15(21-12)16(17,18)19/h2-5,8,11H,6-7H2,1H3,(H,20,22)(H,23,24). The molecular weight excluding hydrogens is 357 g/mol. The van der Waals surface area contributed by atoms with E-state index in [0.29, 0.717) is 11.3 Å². The predicted molar refractivity (Wildman–Crippen MR) is 85.5 cm³/mol. The molecule has 0 aliphatic rings. The smallest absolute Gasteiger partial charge is 0.443 e. The van der Waals surface area contributed by atoms with Crippen molar-refractivity contribution in [2.75, 3.05) is 6.54 Å². The number of carbonyl (C=O) groups is 2. The number of benzene rings is 1. The molecule has 2 aromatic rings. The van der Waals surface area contributed by atoms with E-state index in [-0.39, 0.29) is 18.7 Å². The second-order valence-corrected chi connectivity index (χ2v) is 6.33. The van der Waals surface area contributed by atoms with Gasteiger partial charge in [-0.3, -0.25) is 9.59 Å². The van der Waals surface area contributed by atoms with E-state index in [4.69, 9.17) is 0 Å². The first kappa shape index (κ1) is 18.9. The van der Waals surface area contributed by atoms with Gasteiger partial charge in [0.1, 0.15) is 5.69 Å². The molecule has 25 heavy (non-hydrogen) atoms. The van der Waals surface area contributed by atoms with Crippen molar-refractivity contribution in [2.45, 2.75) is 19.5 Å². The van der Waals surface area contributed by atoms with Gasteiger partial charge in [-0.1, -0.05) is 29.8 Å². The van der Waals surface area contributed by atoms with Gasteiger partial charge in [0, 0.05) is 11.9 Å². The summed E-state index contributed by atoms with van der Waals surface area (Å²) in [6.45, 7) is 1.67. The molecule has 1 heterocycles. The summed E-state index contributed by atoms with van der Waals surface area (Å²) >= 11 is 0.316. The zero-order valence-corrected chi connectivity index (χ0v) is 13.9. The highest BCUT2D eigenvalue weighted by molar-refractivity contribution is 7.09. The Morgan fingerprint density at radius 3 is 2.64 bits per heavy atom. The van der Waals surface area contributed by atoms with E-state index >= 15 is 0 Å². The summed E-state index contributed by atoms with van der Waals surface area (Å²) in [4.78, 5) is 26.5. The fraction of sp³-hybridized carbons (Fsp3) is 0.312. The molecule has 0 aliphatic heterocycles. The molecule has 0 saturated heterocycles. The lowest BCUT2D eigenvalue weighted by atomic mass is 9.98. The number of aromatic nitrogens is 1. The average molecular weight is 372 g/mol. The number of carbonyl (C=O) groups excluding carboxylic acids is 1. The van der Waals surface area contributed by atoms with E-state index in [1.807, 2.05) is 19.1 Å². The summed E-state index contributed by atoms with van der Waals surface area (Å²) in [5, 5.41) is 11.5. The molecule has 0 bridgehead atoms. The third-order valence-electron chi connectivity index (χ3n) is 3.40. The lowest BCUT2D eigenvalue weighted by Gasteiger charge is -2.13. The number of carboxylic acid groups (broad SMARTS) is 1. The molecule has 0 fully saturated rings. The minimum atomic E-state index is -4.61. The molecule has 1 unspecified atom stereocenters. The molecule has 5 nitrogen and oxygen atoms in total. The summed E-state index contributed by atoms with van der Waals surface area (Å²) < 4.78 is 37.5. The maximum absolute atomic E-state index is 12.5. The zero-order valence-electron chi connectivity index (χ0n) is 13.1. The lowest BCUT2D eigenvalue weighted by molar-refractivity contribution is -0.141. The molecule has 1 amide bonds. The van der Waals surface area contributed by atoms with E-state index < -0.39 is 29.0 Å². The van der Waals surface area contributed by atoms with Crippen LogP contribution < -0.4 is 5.32 Å². The monoisotopic (exact) mass is 372 g/mol. The van der Waals surface area contributed by atoms with Crippen molar-refractivity contribution in [3.63, 3.8) is 0 Å². The Kier molecular flexibility index (Phi) is 5.78. The Labute approximate surface area is 145 Å². The summed E-state index contributed by atoms with van der Waals surface area (Å²) in [6, 6.07) is 7.30. The Bertz CT molecular complexity index is 774. The Balaban J connectivity index is 2.00. The summed E-state index contributed by atoms with van der Waals surface area (Å²) in [7, 11) is 0. The van der Waals surface area contributed by atoms with Gasteiger partial charge in [-0.15, -0.1) is 11.3 Å². The quantitative estimate of drug-likeness (QED) is 0.817. The third-order valence-corrected chi connectivity index (χ3v) is 4.29. The first-order valence-corrected chi connectivity index (χ1v) is 8.14. The fourth-order valence-electron chi connectivity index (χ4n) is 2.19. The molecule has 0 spiro atoms. The number of amides is 1. The predicted octanol–water partition coefficient (Wildman–Crippen LogP) is 3.14. The van der Waals surface area contributed by atoms with Crippen molar-refractivity contribution in [1.82, 2.24) is 10.3 Å². The van der Waals surface area contributed by atoms with Gasteiger partial charge in [0.2, 0.25) is 0 Å². The van der Waals surface area contributed by atoms with Crippen LogP contribution in [0.1, 0.15) is 26.6 Å². The molecule has 2 rings (SSSR count). The highest BCUT2D eigenvalue weighted by Crippen LogP contribution is 2.31. The van der Waals surface area contributed by atoms with Gasteiger partial charge in [-0.2, -0.15) is 13.2 Å². The largest absolute Gasteiger partial charge is 0.481 e. The van der Waals surface area contributed by atoms with Crippen LogP contribution >= 0.6 is 11.3 Å². The van der Waals surface area contributed by atoms with E-state index in [1.165, 1.54) is 0 Å². The Morgan fingerprint density at radius 2 is 2.08 bits per heavy atom. The zero-order chi connectivity index (χ0) is 18.6. The van der Waals surface area contributed by atoms with Crippen LogP contribution in [0.2, 0.25) is 0 Å². The van der Waals surface area contributed by atoms with E-state index in [1.54, 1.807) is 12.1 Å². The number of thiazole rings is 1. The van der Waals surface area contributed by atoms with Crippen molar-refractivity contribution in [2.24, 2.45) is 5.92 Å². The van der Waals surface area contributed by atoms with Crippen LogP contribution in [0, 0.1) is 12.8 Å². The normalized spacial score (nSPS) is 12.6. The van der Waals surface area contributed by atoms with Gasteiger partial charge in [0.05, 0.1) is 5.92 Å². The van der Waals surface area contributed by atoms with Crippen LogP contribution in [0.25, 0.3) is 0 Å². The van der Waals surface area contributed by atoms with Crippen molar-refractivity contribution in [1.29, 1.82) is 0 Å². The number of rotatable bonds is 6. The van der Waals surface area contributed by atoms with Gasteiger partial charge in [0.15, 0.2) is 5.01 Å². The van der Waals surface area contributed by atoms with Crippen LogP contribution in [-0.2, 0) is 17.4 Å². The maximum atomic E-state index is 12.5. The maximum Gasteiger partial charge on any atom is 0.443 e. The summed E-state index contributed by atoms with van der Waals surface area (Å²) in [5.74, 6) is -2.83. The number of carboxylic acids is 1. The number of aryl methyl sites for hydroxylation is 1. The van der Waals surface area contributed by atoms with Crippen molar-refractivity contribution in [3.8, 4) is 0 Å². The molecule has 1 atom stereocenters. The van der Waals surface area contributed by atoms with Gasteiger partial charge in [0.25, 0.3) is 5.91 Å². The number of aliphatic carboxylic acids is 1. The number of nitrogens with zero attached hydrogens (tertiary/aromatic N) is 1. The highest BCUT2D eigenvalue weighted by Gasteiger charge is 2.35. The number of hydrogen-bond acceptors (Lipinski definition) is 4. The number of alkyl halides is 3. The SMILES string of the molecule is Cc1cccc(CC(CNC(=O)c2csc(C(F)(F)F)n2)C(=O)O)c1. The molecule has 0 aliphatic carbocycles. The molecule has 9 heteroatoms. The van der Waals surface area contributed by atoms with Crippen LogP contribution in [0.15, 0.2) is 29.6 Å².